The molecule has 0 saturated carbocycles. The number of hydrogen-bond donors (Lipinski definition) is 3. The molecule has 0 aliphatic heterocycles. The number of aromatic nitrogens is 4. The molecule has 0 fully saturated rings. The fourth-order valence-corrected chi connectivity index (χ4v) is 3.44. The van der Waals surface area contributed by atoms with Crippen LogP contribution in [0.5, 0.6) is 11.6 Å². The molecule has 1 amide bonds. The predicted octanol–water partition coefficient (Wildman–Crippen LogP) is 1.96. The normalized spacial score (nSPS) is 10.9. The molecule has 2 aromatic heterocycles. The van der Waals surface area contributed by atoms with E-state index in [1.54, 1.807) is 24.3 Å². The number of carbonyl (C=O) groups is 1. The van der Waals surface area contributed by atoms with E-state index in [0.717, 1.165) is 10.8 Å². The fourth-order valence-electron chi connectivity index (χ4n) is 2.89. The second-order valence-corrected chi connectivity index (χ2v) is 7.09. The van der Waals surface area contributed by atoms with E-state index >= 15 is 0 Å². The summed E-state index contributed by atoms with van der Waals surface area (Å²) in [5, 5.41) is 7.01. The van der Waals surface area contributed by atoms with Crippen LogP contribution in [0.4, 0.5) is 0 Å². The van der Waals surface area contributed by atoms with Crippen molar-refractivity contribution in [1.29, 1.82) is 0 Å². The Labute approximate surface area is 181 Å². The number of H-pyrrole nitrogens is 2. The first kappa shape index (κ1) is 20.4. The monoisotopic (exact) mass is 459 g/mol. The minimum atomic E-state index is -1.01. The van der Waals surface area contributed by atoms with Crippen molar-refractivity contribution < 1.29 is 9.53 Å². The number of rotatable bonds is 4. The van der Waals surface area contributed by atoms with Crippen molar-refractivity contribution in [2.75, 3.05) is 0 Å². The van der Waals surface area contributed by atoms with Crippen LogP contribution in [0.1, 0.15) is 10.4 Å². The lowest BCUT2D eigenvalue weighted by atomic mass is 10.2. The van der Waals surface area contributed by atoms with Crippen LogP contribution in [0.15, 0.2) is 57.0 Å². The van der Waals surface area contributed by atoms with Crippen molar-refractivity contribution in [3.05, 3.63) is 89.4 Å². The molecule has 4 N–H and O–H groups in total. The maximum atomic E-state index is 12.2. The molecule has 0 radical (unpaired) electrons. The third-order valence-corrected chi connectivity index (χ3v) is 4.89. The van der Waals surface area contributed by atoms with Crippen molar-refractivity contribution in [2.45, 2.75) is 0 Å². The van der Waals surface area contributed by atoms with E-state index in [0.29, 0.717) is 10.8 Å². The molecule has 0 unspecified atom stereocenters. The van der Waals surface area contributed by atoms with Crippen LogP contribution in [-0.2, 0) is 0 Å². The molecule has 31 heavy (non-hydrogen) atoms. The van der Waals surface area contributed by atoms with Crippen molar-refractivity contribution in [3.63, 3.8) is 0 Å². The number of aromatic amines is 2. The summed E-state index contributed by atoms with van der Waals surface area (Å²) in [7, 11) is 0. The molecule has 4 aromatic rings. The van der Waals surface area contributed by atoms with Gasteiger partial charge in [-0.2, -0.15) is 0 Å². The number of benzene rings is 2. The molecule has 2 heterocycles. The second-order valence-electron chi connectivity index (χ2n) is 6.28. The summed E-state index contributed by atoms with van der Waals surface area (Å²) < 4.78 is 6.70. The molecule has 2 aromatic carbocycles. The summed E-state index contributed by atoms with van der Waals surface area (Å²) in [6, 6.07) is 9.32. The maximum absolute atomic E-state index is 12.2. The molecule has 156 valence electrons. The van der Waals surface area contributed by atoms with E-state index in [9.17, 15) is 19.2 Å². The Kier molecular flexibility index (Phi) is 5.09. The number of primary amides is 1. The van der Waals surface area contributed by atoms with Gasteiger partial charge in [-0.1, -0.05) is 35.3 Å². The fraction of sp³-hybridized carbons (Fsp3) is 0. The largest absolute Gasteiger partial charge is 0.434 e. The first-order valence-electron chi connectivity index (χ1n) is 8.56. The predicted molar refractivity (Wildman–Crippen MR) is 114 cm³/mol. The number of nitrogens with one attached hydrogen (secondary N) is 2. The summed E-state index contributed by atoms with van der Waals surface area (Å²) in [6.07, 6.45) is 0.989. The van der Waals surface area contributed by atoms with E-state index in [1.807, 2.05) is 4.98 Å². The molecule has 0 aliphatic rings. The standard InChI is InChI=1S/C19H11Cl2N5O5/c20-12-5-8(26-7-11(15(22)27)16(28)23-19(26)30)6-13(21)14(12)31-18-10-4-2-1-3-9(10)17(29)24-25-18/h1-7H,(H2,22,27)(H,24,29)(H,23,28,30). The van der Waals surface area contributed by atoms with Gasteiger partial charge in [-0.25, -0.2) is 9.89 Å². The molecule has 0 spiro atoms. The Balaban J connectivity index is 1.82. The van der Waals surface area contributed by atoms with E-state index in [1.165, 1.54) is 12.1 Å². The summed E-state index contributed by atoms with van der Waals surface area (Å²) in [5.41, 5.74) is 2.75. The number of hydrogen-bond acceptors (Lipinski definition) is 6. The van der Waals surface area contributed by atoms with E-state index in [4.69, 9.17) is 33.7 Å². The molecule has 0 bridgehead atoms. The lowest BCUT2D eigenvalue weighted by Crippen LogP contribution is -2.34. The van der Waals surface area contributed by atoms with Crippen LogP contribution in [0, 0.1) is 0 Å². The number of carbonyl (C=O) groups excluding carboxylic acids is 1. The summed E-state index contributed by atoms with van der Waals surface area (Å²) in [4.78, 5) is 49.3. The van der Waals surface area contributed by atoms with E-state index in [2.05, 4.69) is 10.2 Å². The number of amides is 1. The smallest absolute Gasteiger partial charge is 0.332 e. The van der Waals surface area contributed by atoms with Crippen LogP contribution >= 0.6 is 23.2 Å². The third-order valence-electron chi connectivity index (χ3n) is 4.33. The van der Waals surface area contributed by atoms with Crippen molar-refractivity contribution >= 4 is 39.9 Å². The van der Waals surface area contributed by atoms with Crippen LogP contribution in [-0.4, -0.2) is 25.7 Å². The quantitative estimate of drug-likeness (QED) is 0.423. The van der Waals surface area contributed by atoms with Gasteiger partial charge in [0.2, 0.25) is 5.88 Å². The average Bonchev–Trinajstić information content (AvgIpc) is 2.72. The highest BCUT2D eigenvalue weighted by Crippen LogP contribution is 2.38. The topological polar surface area (TPSA) is 153 Å². The highest BCUT2D eigenvalue weighted by atomic mass is 35.5. The van der Waals surface area contributed by atoms with Crippen LogP contribution in [0.25, 0.3) is 16.5 Å². The number of fused-ring (bicyclic) bond motifs is 1. The zero-order valence-corrected chi connectivity index (χ0v) is 16.8. The van der Waals surface area contributed by atoms with E-state index in [-0.39, 0.29) is 27.4 Å². The lowest BCUT2D eigenvalue weighted by molar-refractivity contribution is 0.0998. The van der Waals surface area contributed by atoms with Crippen LogP contribution < -0.4 is 27.3 Å². The minimum Gasteiger partial charge on any atom is -0.434 e. The van der Waals surface area contributed by atoms with Gasteiger partial charge in [0.1, 0.15) is 5.56 Å². The lowest BCUT2D eigenvalue weighted by Gasteiger charge is -2.13. The Hall–Kier alpha value is -3.89. The highest BCUT2D eigenvalue weighted by molar-refractivity contribution is 6.37. The molecule has 0 aliphatic carbocycles. The molecule has 10 nitrogen and oxygen atoms in total. The molecular weight excluding hydrogens is 449 g/mol. The number of halogens is 2. The maximum Gasteiger partial charge on any atom is 0.332 e. The Morgan fingerprint density at radius 3 is 2.32 bits per heavy atom. The van der Waals surface area contributed by atoms with E-state index < -0.39 is 28.3 Å². The average molecular weight is 460 g/mol. The summed E-state index contributed by atoms with van der Waals surface area (Å²) in [5.74, 6) is -0.934. The number of nitrogens with two attached hydrogens (primary N) is 1. The zero-order chi connectivity index (χ0) is 22.3. The Bertz CT molecular complexity index is 1520. The van der Waals surface area contributed by atoms with Gasteiger partial charge in [0, 0.05) is 6.20 Å². The van der Waals surface area contributed by atoms with Crippen molar-refractivity contribution in [1.82, 2.24) is 19.7 Å². The molecule has 4 rings (SSSR count). The highest BCUT2D eigenvalue weighted by Gasteiger charge is 2.17. The first-order chi connectivity index (χ1) is 14.8. The molecule has 0 saturated heterocycles. The van der Waals surface area contributed by atoms with Crippen LogP contribution in [0.3, 0.4) is 0 Å². The summed E-state index contributed by atoms with van der Waals surface area (Å²) >= 11 is 12.6. The number of nitrogens with zero attached hydrogens (tertiary/aromatic N) is 2. The van der Waals surface area contributed by atoms with Crippen LogP contribution in [0.2, 0.25) is 10.0 Å². The van der Waals surface area contributed by atoms with Gasteiger partial charge in [-0.3, -0.25) is 23.9 Å². The van der Waals surface area contributed by atoms with Crippen molar-refractivity contribution in [3.8, 4) is 17.3 Å². The first-order valence-corrected chi connectivity index (χ1v) is 9.32. The van der Waals surface area contributed by atoms with Gasteiger partial charge in [-0.05, 0) is 24.3 Å². The van der Waals surface area contributed by atoms with Gasteiger partial charge in [0.25, 0.3) is 17.0 Å². The third kappa shape index (κ3) is 3.69. The van der Waals surface area contributed by atoms with Crippen molar-refractivity contribution in [2.24, 2.45) is 5.73 Å². The van der Waals surface area contributed by atoms with Gasteiger partial charge in [-0.15, -0.1) is 5.10 Å². The number of ether oxygens (including phenoxy) is 1. The van der Waals surface area contributed by atoms with Gasteiger partial charge in [0.15, 0.2) is 5.75 Å². The summed E-state index contributed by atoms with van der Waals surface area (Å²) in [6.45, 7) is 0. The Morgan fingerprint density at radius 2 is 1.68 bits per heavy atom. The zero-order valence-electron chi connectivity index (χ0n) is 15.3. The molecule has 0 atom stereocenters. The minimum absolute atomic E-state index is 0.00157. The second kappa shape index (κ2) is 7.74. The van der Waals surface area contributed by atoms with Gasteiger partial charge < -0.3 is 10.5 Å². The van der Waals surface area contributed by atoms with Gasteiger partial charge in [0.05, 0.1) is 26.5 Å². The Morgan fingerprint density at radius 1 is 1.03 bits per heavy atom. The molecule has 12 heteroatoms. The van der Waals surface area contributed by atoms with Gasteiger partial charge >= 0.3 is 5.69 Å². The molecular formula is C19H11Cl2N5O5. The SMILES string of the molecule is NC(=O)c1cn(-c2cc(Cl)c(Oc3n[nH]c(=O)c4ccccc34)c(Cl)c2)c(=O)[nH]c1=O.